The number of rotatable bonds is 3. The average molecular weight is 303 g/mol. The number of hydrogen-bond acceptors (Lipinski definition) is 4. The van der Waals surface area contributed by atoms with Gasteiger partial charge in [-0.2, -0.15) is 13.2 Å². The molecule has 2 unspecified atom stereocenters. The highest BCUT2D eigenvalue weighted by molar-refractivity contribution is 5.84. The predicted molar refractivity (Wildman–Crippen MR) is 66.2 cm³/mol. The molecular weight excluding hydrogens is 291 g/mol. The highest BCUT2D eigenvalue weighted by Gasteiger charge is 2.43. The van der Waals surface area contributed by atoms with Gasteiger partial charge in [-0.05, 0) is 12.5 Å². The summed E-state index contributed by atoms with van der Waals surface area (Å²) in [7, 11) is 0. The minimum atomic E-state index is -4.54. The zero-order valence-electron chi connectivity index (χ0n) is 10.9. The predicted octanol–water partition coefficient (Wildman–Crippen LogP) is 1.98. The van der Waals surface area contributed by atoms with Crippen molar-refractivity contribution in [2.75, 3.05) is 6.54 Å². The lowest BCUT2D eigenvalue weighted by Crippen LogP contribution is -2.38. The first-order valence-electron chi connectivity index (χ1n) is 6.06. The van der Waals surface area contributed by atoms with E-state index >= 15 is 0 Å². The van der Waals surface area contributed by atoms with Gasteiger partial charge in [-0.3, -0.25) is 20.2 Å². The Labute approximate surface area is 117 Å². The summed E-state index contributed by atoms with van der Waals surface area (Å²) in [5.41, 5.74) is -0.000546. The number of nitrogens with one attached hydrogen (secondary N) is 1. The van der Waals surface area contributed by atoms with Gasteiger partial charge in [0.1, 0.15) is 12.7 Å². The molecule has 1 saturated heterocycles. The molecule has 114 valence electrons. The molecule has 1 heterocycles. The van der Waals surface area contributed by atoms with Gasteiger partial charge in [-0.1, -0.05) is 12.1 Å². The molecule has 21 heavy (non-hydrogen) atoms. The molecule has 1 N–H and O–H groups in total. The van der Waals surface area contributed by atoms with Crippen molar-refractivity contribution in [2.24, 2.45) is 0 Å². The van der Waals surface area contributed by atoms with Gasteiger partial charge in [0.25, 0.3) is 5.69 Å². The van der Waals surface area contributed by atoms with Gasteiger partial charge >= 0.3 is 6.18 Å². The first kappa shape index (κ1) is 15.2. The summed E-state index contributed by atoms with van der Waals surface area (Å²) < 4.78 is 37.7. The van der Waals surface area contributed by atoms with Crippen molar-refractivity contribution in [2.45, 2.75) is 25.3 Å². The number of alkyl halides is 3. The monoisotopic (exact) mass is 303 g/mol. The first-order chi connectivity index (χ1) is 9.69. The number of carbonyl (C=O) groups is 1. The summed E-state index contributed by atoms with van der Waals surface area (Å²) in [5.74, 6) is -0.691. The van der Waals surface area contributed by atoms with E-state index in [4.69, 9.17) is 0 Å². The molecule has 2 rings (SSSR count). The summed E-state index contributed by atoms with van der Waals surface area (Å²) in [6, 6.07) is 4.43. The van der Waals surface area contributed by atoms with Crippen molar-refractivity contribution in [1.29, 1.82) is 0 Å². The molecule has 1 aromatic carbocycles. The normalized spacial score (nSPS) is 22.7. The van der Waals surface area contributed by atoms with Crippen LogP contribution in [-0.2, 0) is 4.79 Å². The molecule has 1 amide bonds. The van der Waals surface area contributed by atoms with E-state index in [1.54, 1.807) is 0 Å². The van der Waals surface area contributed by atoms with Gasteiger partial charge in [0.05, 0.1) is 11.0 Å². The third-order valence-corrected chi connectivity index (χ3v) is 3.12. The van der Waals surface area contributed by atoms with Crippen LogP contribution in [0.5, 0.6) is 0 Å². The van der Waals surface area contributed by atoms with Crippen LogP contribution in [0.15, 0.2) is 24.3 Å². The summed E-state index contributed by atoms with van der Waals surface area (Å²) in [6.45, 7) is 0.0413. The number of benzene rings is 1. The van der Waals surface area contributed by atoms with Crippen molar-refractivity contribution in [3.63, 3.8) is 0 Å². The fourth-order valence-electron chi connectivity index (χ4n) is 2.22. The van der Waals surface area contributed by atoms with Crippen molar-refractivity contribution in [1.82, 2.24) is 10.2 Å². The third-order valence-electron chi connectivity index (χ3n) is 3.12. The second-order valence-electron chi connectivity index (χ2n) is 4.72. The average Bonchev–Trinajstić information content (AvgIpc) is 2.65. The Kier molecular flexibility index (Phi) is 3.86. The SMILES string of the molecule is CC1NC(c2cccc([N+](=O)[O-])c2)N(CC(F)(F)F)C1=O. The standard InChI is InChI=1S/C12H12F3N3O3/c1-7-11(19)17(6-12(13,14)15)10(16-7)8-3-2-4-9(5-8)18(20)21/h2-5,7,10,16H,6H2,1H3. The fraction of sp³-hybridized carbons (Fsp3) is 0.417. The quantitative estimate of drug-likeness (QED) is 0.684. The largest absolute Gasteiger partial charge is 0.406 e. The molecule has 0 bridgehead atoms. The third kappa shape index (κ3) is 3.30. The summed E-state index contributed by atoms with van der Waals surface area (Å²) in [4.78, 5) is 22.5. The molecule has 2 atom stereocenters. The molecule has 1 aliphatic rings. The maximum atomic E-state index is 12.6. The maximum absolute atomic E-state index is 12.6. The molecule has 6 nitrogen and oxygen atoms in total. The summed E-state index contributed by atoms with van der Waals surface area (Å²) in [5, 5.41) is 13.4. The van der Waals surface area contributed by atoms with E-state index in [0.29, 0.717) is 4.90 Å². The number of carbonyl (C=O) groups excluding carboxylic acids is 1. The molecule has 0 aliphatic carbocycles. The Bertz CT molecular complexity index is 576. The lowest BCUT2D eigenvalue weighted by atomic mass is 10.1. The first-order valence-corrected chi connectivity index (χ1v) is 6.06. The van der Waals surface area contributed by atoms with E-state index in [-0.39, 0.29) is 11.3 Å². The fourth-order valence-corrected chi connectivity index (χ4v) is 2.22. The topological polar surface area (TPSA) is 75.5 Å². The molecular formula is C12H12F3N3O3. The van der Waals surface area contributed by atoms with Crippen molar-refractivity contribution in [3.8, 4) is 0 Å². The minimum absolute atomic E-state index is 0.242. The van der Waals surface area contributed by atoms with Crippen LogP contribution in [0.25, 0.3) is 0 Å². The lowest BCUT2D eigenvalue weighted by Gasteiger charge is -2.25. The number of halogens is 3. The maximum Gasteiger partial charge on any atom is 0.406 e. The zero-order chi connectivity index (χ0) is 15.8. The number of nitro groups is 1. The second-order valence-corrected chi connectivity index (χ2v) is 4.72. The van der Waals surface area contributed by atoms with Gasteiger partial charge in [0.15, 0.2) is 0 Å². The number of amides is 1. The van der Waals surface area contributed by atoms with Crippen LogP contribution in [0.2, 0.25) is 0 Å². The molecule has 0 saturated carbocycles. The van der Waals surface area contributed by atoms with Crippen molar-refractivity contribution in [3.05, 3.63) is 39.9 Å². The van der Waals surface area contributed by atoms with Crippen LogP contribution in [0, 0.1) is 10.1 Å². The highest BCUT2D eigenvalue weighted by atomic mass is 19.4. The Balaban J connectivity index is 2.34. The van der Waals surface area contributed by atoms with Crippen LogP contribution >= 0.6 is 0 Å². The Hall–Kier alpha value is -2.16. The molecule has 1 aromatic rings. The van der Waals surface area contributed by atoms with Gasteiger partial charge in [0.2, 0.25) is 5.91 Å². The van der Waals surface area contributed by atoms with E-state index in [1.807, 2.05) is 0 Å². The second kappa shape index (κ2) is 5.32. The molecule has 0 aromatic heterocycles. The summed E-state index contributed by atoms with van der Waals surface area (Å²) in [6.07, 6.45) is -5.57. The Morgan fingerprint density at radius 1 is 1.43 bits per heavy atom. The Morgan fingerprint density at radius 3 is 2.67 bits per heavy atom. The summed E-state index contributed by atoms with van der Waals surface area (Å²) >= 11 is 0. The molecule has 1 aliphatic heterocycles. The highest BCUT2D eigenvalue weighted by Crippen LogP contribution is 2.30. The van der Waals surface area contributed by atoms with Crippen LogP contribution < -0.4 is 5.32 Å². The van der Waals surface area contributed by atoms with Crippen molar-refractivity contribution >= 4 is 11.6 Å². The molecule has 1 fully saturated rings. The van der Waals surface area contributed by atoms with E-state index in [2.05, 4.69) is 5.32 Å². The number of nitro benzene ring substituents is 1. The van der Waals surface area contributed by atoms with E-state index in [9.17, 15) is 28.1 Å². The van der Waals surface area contributed by atoms with Crippen LogP contribution in [0.3, 0.4) is 0 Å². The smallest absolute Gasteiger partial charge is 0.312 e. The van der Waals surface area contributed by atoms with Gasteiger partial charge < -0.3 is 4.90 Å². The van der Waals surface area contributed by atoms with Gasteiger partial charge in [-0.15, -0.1) is 0 Å². The van der Waals surface area contributed by atoms with Crippen molar-refractivity contribution < 1.29 is 22.9 Å². The van der Waals surface area contributed by atoms with Crippen LogP contribution in [0.1, 0.15) is 18.7 Å². The van der Waals surface area contributed by atoms with E-state index < -0.39 is 35.8 Å². The molecule has 0 spiro atoms. The number of hydrogen-bond donors (Lipinski definition) is 1. The number of nitrogens with zero attached hydrogens (tertiary/aromatic N) is 2. The van der Waals surface area contributed by atoms with Crippen LogP contribution in [0.4, 0.5) is 18.9 Å². The Morgan fingerprint density at radius 2 is 2.10 bits per heavy atom. The van der Waals surface area contributed by atoms with Gasteiger partial charge in [0, 0.05) is 12.1 Å². The van der Waals surface area contributed by atoms with E-state index in [0.717, 1.165) is 6.07 Å². The molecule has 0 radical (unpaired) electrons. The lowest BCUT2D eigenvalue weighted by molar-refractivity contribution is -0.385. The van der Waals surface area contributed by atoms with Crippen LogP contribution in [-0.4, -0.2) is 34.5 Å². The minimum Gasteiger partial charge on any atom is -0.312 e. The van der Waals surface area contributed by atoms with Gasteiger partial charge in [-0.25, -0.2) is 0 Å². The van der Waals surface area contributed by atoms with E-state index in [1.165, 1.54) is 25.1 Å². The number of non-ortho nitro benzene ring substituents is 1. The zero-order valence-corrected chi connectivity index (χ0v) is 10.9. The molecule has 9 heteroatoms.